The molecule has 98 valence electrons. The monoisotopic (exact) mass is 325 g/mol. The van der Waals surface area contributed by atoms with Gasteiger partial charge in [0.05, 0.1) is 5.69 Å². The lowest BCUT2D eigenvalue weighted by molar-refractivity contribution is 0.0694. The van der Waals surface area contributed by atoms with Crippen molar-refractivity contribution in [2.75, 3.05) is 0 Å². The van der Waals surface area contributed by atoms with Gasteiger partial charge in [0.1, 0.15) is 11.4 Å². The van der Waals surface area contributed by atoms with Crippen molar-refractivity contribution in [3.05, 3.63) is 62.2 Å². The number of pyridine rings is 1. The van der Waals surface area contributed by atoms with Crippen LogP contribution in [0.4, 0.5) is 4.39 Å². The molecule has 1 aromatic heterocycles. The molecule has 1 heterocycles. The number of halogens is 2. The Bertz CT molecular complexity index is 724. The highest BCUT2D eigenvalue weighted by Gasteiger charge is 2.18. The number of hydrogen-bond acceptors (Lipinski definition) is 2. The molecule has 6 heteroatoms. The van der Waals surface area contributed by atoms with Gasteiger partial charge in [-0.05, 0) is 41.1 Å². The standard InChI is InChI=1S/C13H9BrFNO3/c1-7-9(14)6-8(13(18)19)12(17)16(7)11-5-3-2-4-10(11)15/h2-6H,1H3,(H,18,19). The molecule has 2 aromatic rings. The van der Waals surface area contributed by atoms with Crippen molar-refractivity contribution in [1.82, 2.24) is 4.57 Å². The van der Waals surface area contributed by atoms with Crippen LogP contribution in [-0.2, 0) is 0 Å². The van der Waals surface area contributed by atoms with Gasteiger partial charge in [-0.25, -0.2) is 9.18 Å². The highest BCUT2D eigenvalue weighted by atomic mass is 79.9. The fraction of sp³-hybridized carbons (Fsp3) is 0.0769. The van der Waals surface area contributed by atoms with Crippen molar-refractivity contribution < 1.29 is 14.3 Å². The van der Waals surface area contributed by atoms with Gasteiger partial charge in [-0.15, -0.1) is 0 Å². The highest BCUT2D eigenvalue weighted by Crippen LogP contribution is 2.20. The lowest BCUT2D eigenvalue weighted by Crippen LogP contribution is -2.27. The molecule has 0 saturated carbocycles. The smallest absolute Gasteiger partial charge is 0.341 e. The van der Waals surface area contributed by atoms with Crippen molar-refractivity contribution in [2.45, 2.75) is 6.92 Å². The second-order valence-corrected chi connectivity index (χ2v) is 4.74. The summed E-state index contributed by atoms with van der Waals surface area (Å²) in [5.41, 5.74) is -0.729. The van der Waals surface area contributed by atoms with E-state index in [9.17, 15) is 14.0 Å². The Balaban J connectivity index is 2.88. The van der Waals surface area contributed by atoms with E-state index in [1.54, 1.807) is 13.0 Å². The minimum Gasteiger partial charge on any atom is -0.477 e. The Morgan fingerprint density at radius 3 is 2.58 bits per heavy atom. The van der Waals surface area contributed by atoms with Gasteiger partial charge in [0.15, 0.2) is 0 Å². The van der Waals surface area contributed by atoms with Crippen LogP contribution in [0.1, 0.15) is 16.1 Å². The summed E-state index contributed by atoms with van der Waals surface area (Å²) in [6, 6.07) is 6.92. The summed E-state index contributed by atoms with van der Waals surface area (Å²) >= 11 is 3.18. The van der Waals surface area contributed by atoms with Crippen molar-refractivity contribution in [3.63, 3.8) is 0 Å². The summed E-state index contributed by atoms with van der Waals surface area (Å²) in [6.45, 7) is 1.60. The van der Waals surface area contributed by atoms with Crippen molar-refractivity contribution in [3.8, 4) is 5.69 Å². The molecule has 0 amide bonds. The molecule has 2 rings (SSSR count). The summed E-state index contributed by atoms with van der Waals surface area (Å²) in [5, 5.41) is 8.99. The molecule has 0 bridgehead atoms. The fourth-order valence-electron chi connectivity index (χ4n) is 1.75. The van der Waals surface area contributed by atoms with Gasteiger partial charge in [-0.2, -0.15) is 0 Å². The van der Waals surface area contributed by atoms with Crippen LogP contribution >= 0.6 is 15.9 Å². The van der Waals surface area contributed by atoms with Gasteiger partial charge >= 0.3 is 5.97 Å². The van der Waals surface area contributed by atoms with Crippen LogP contribution in [0.3, 0.4) is 0 Å². The molecule has 0 fully saturated rings. The number of aromatic carboxylic acids is 1. The van der Waals surface area contributed by atoms with Crippen molar-refractivity contribution in [2.24, 2.45) is 0 Å². The number of para-hydroxylation sites is 1. The molecule has 0 aliphatic carbocycles. The minimum atomic E-state index is -1.35. The predicted molar refractivity (Wildman–Crippen MR) is 71.4 cm³/mol. The second-order valence-electron chi connectivity index (χ2n) is 3.89. The summed E-state index contributed by atoms with van der Waals surface area (Å²) in [5.74, 6) is -1.95. The Morgan fingerprint density at radius 2 is 2.00 bits per heavy atom. The molecule has 1 aromatic carbocycles. The van der Waals surface area contributed by atoms with Gasteiger partial charge in [0.2, 0.25) is 0 Å². The number of benzene rings is 1. The van der Waals surface area contributed by atoms with E-state index in [0.717, 1.165) is 4.57 Å². The zero-order valence-corrected chi connectivity index (χ0v) is 11.4. The number of aromatic nitrogens is 1. The van der Waals surface area contributed by atoms with Gasteiger partial charge in [-0.3, -0.25) is 9.36 Å². The van der Waals surface area contributed by atoms with E-state index in [4.69, 9.17) is 5.11 Å². The Kier molecular flexibility index (Phi) is 3.53. The number of carboxylic acids is 1. The molecule has 19 heavy (non-hydrogen) atoms. The largest absolute Gasteiger partial charge is 0.477 e. The van der Waals surface area contributed by atoms with Crippen LogP contribution in [-0.4, -0.2) is 15.6 Å². The van der Waals surface area contributed by atoms with Gasteiger partial charge in [0.25, 0.3) is 5.56 Å². The minimum absolute atomic E-state index is 0.0220. The van der Waals surface area contributed by atoms with E-state index >= 15 is 0 Å². The first-order valence-electron chi connectivity index (χ1n) is 5.34. The molecule has 0 atom stereocenters. The highest BCUT2D eigenvalue weighted by molar-refractivity contribution is 9.10. The third-order valence-corrected chi connectivity index (χ3v) is 3.51. The van der Waals surface area contributed by atoms with Crippen molar-refractivity contribution >= 4 is 21.9 Å². The molecule has 0 unspecified atom stereocenters. The quantitative estimate of drug-likeness (QED) is 0.923. The molecule has 0 saturated heterocycles. The predicted octanol–water partition coefficient (Wildman–Crippen LogP) is 2.75. The molecule has 0 aliphatic rings. The van der Waals surface area contributed by atoms with E-state index in [0.29, 0.717) is 10.2 Å². The lowest BCUT2D eigenvalue weighted by atomic mass is 10.2. The average Bonchev–Trinajstić information content (AvgIpc) is 2.36. The second kappa shape index (κ2) is 4.97. The normalized spacial score (nSPS) is 10.5. The molecule has 4 nitrogen and oxygen atoms in total. The van der Waals surface area contributed by atoms with E-state index in [-0.39, 0.29) is 5.69 Å². The zero-order chi connectivity index (χ0) is 14.2. The number of carboxylic acid groups (broad SMARTS) is 1. The number of carbonyl (C=O) groups is 1. The average molecular weight is 326 g/mol. The SMILES string of the molecule is Cc1c(Br)cc(C(=O)O)c(=O)n1-c1ccccc1F. The molecular weight excluding hydrogens is 317 g/mol. The van der Waals surface area contributed by atoms with Gasteiger partial charge < -0.3 is 5.11 Å². The van der Waals surface area contributed by atoms with E-state index in [1.807, 2.05) is 0 Å². The fourth-order valence-corrected chi connectivity index (χ4v) is 2.16. The van der Waals surface area contributed by atoms with Crippen LogP contribution in [0.5, 0.6) is 0 Å². The summed E-state index contributed by atoms with van der Waals surface area (Å²) in [4.78, 5) is 23.2. The maximum absolute atomic E-state index is 13.8. The maximum atomic E-state index is 13.8. The number of nitrogens with zero attached hydrogens (tertiary/aromatic N) is 1. The van der Waals surface area contributed by atoms with E-state index < -0.39 is 22.9 Å². The lowest BCUT2D eigenvalue weighted by Gasteiger charge is -2.13. The molecule has 0 spiro atoms. The van der Waals surface area contributed by atoms with Gasteiger partial charge in [0, 0.05) is 10.2 Å². The third-order valence-electron chi connectivity index (χ3n) is 2.71. The zero-order valence-electron chi connectivity index (χ0n) is 9.85. The summed E-state index contributed by atoms with van der Waals surface area (Å²) < 4.78 is 15.2. The maximum Gasteiger partial charge on any atom is 0.341 e. The Morgan fingerprint density at radius 1 is 1.37 bits per heavy atom. The first-order valence-corrected chi connectivity index (χ1v) is 6.13. The van der Waals surface area contributed by atoms with Crippen molar-refractivity contribution in [1.29, 1.82) is 0 Å². The molecule has 0 aliphatic heterocycles. The van der Waals surface area contributed by atoms with Gasteiger partial charge in [-0.1, -0.05) is 12.1 Å². The van der Waals surface area contributed by atoms with Crippen LogP contribution in [0.15, 0.2) is 39.6 Å². The Hall–Kier alpha value is -1.95. The Labute approximate surface area is 116 Å². The number of rotatable bonds is 2. The van der Waals surface area contributed by atoms with Crippen LogP contribution in [0.2, 0.25) is 0 Å². The molecular formula is C13H9BrFNO3. The topological polar surface area (TPSA) is 59.3 Å². The number of hydrogen-bond donors (Lipinski definition) is 1. The van der Waals surface area contributed by atoms with E-state index in [1.165, 1.54) is 24.3 Å². The first-order chi connectivity index (χ1) is 8.93. The van der Waals surface area contributed by atoms with Crippen LogP contribution in [0.25, 0.3) is 5.69 Å². The summed E-state index contributed by atoms with van der Waals surface area (Å²) in [6.07, 6.45) is 0. The summed E-state index contributed by atoms with van der Waals surface area (Å²) in [7, 11) is 0. The van der Waals surface area contributed by atoms with E-state index in [2.05, 4.69) is 15.9 Å². The molecule has 0 radical (unpaired) electrons. The van der Waals surface area contributed by atoms with Crippen LogP contribution in [0, 0.1) is 12.7 Å². The third kappa shape index (κ3) is 2.31. The van der Waals surface area contributed by atoms with Crippen LogP contribution < -0.4 is 5.56 Å². The molecule has 1 N–H and O–H groups in total. The first kappa shape index (κ1) is 13.5.